The van der Waals surface area contributed by atoms with E-state index in [0.717, 1.165) is 29.4 Å². The van der Waals surface area contributed by atoms with Crippen LogP contribution in [0.25, 0.3) is 0 Å². The maximum absolute atomic E-state index is 6.00. The molecule has 0 N–H and O–H groups in total. The molecule has 0 bridgehead atoms. The van der Waals surface area contributed by atoms with Gasteiger partial charge in [0.15, 0.2) is 0 Å². The van der Waals surface area contributed by atoms with E-state index in [9.17, 15) is 0 Å². The Morgan fingerprint density at radius 3 is 2.79 bits per heavy atom. The Hall–Kier alpha value is -0.700. The van der Waals surface area contributed by atoms with Crippen LogP contribution in [0.5, 0.6) is 0 Å². The van der Waals surface area contributed by atoms with Gasteiger partial charge in [0.25, 0.3) is 0 Å². The molecule has 0 amide bonds. The molecule has 0 aliphatic rings. The summed E-state index contributed by atoms with van der Waals surface area (Å²) in [7, 11) is 0. The lowest BCUT2D eigenvalue weighted by Gasteiger charge is -2.01. The summed E-state index contributed by atoms with van der Waals surface area (Å²) in [6.07, 6.45) is 0.905. The van der Waals surface area contributed by atoms with Crippen LogP contribution in [0.2, 0.25) is 5.02 Å². The van der Waals surface area contributed by atoms with E-state index in [1.807, 2.05) is 18.5 Å². The lowest BCUT2D eigenvalue weighted by Crippen LogP contribution is -2.03. The molecule has 0 spiro atoms. The molecule has 0 saturated heterocycles. The lowest BCUT2D eigenvalue weighted by molar-refractivity contribution is 0.569. The first-order valence-electron chi connectivity index (χ1n) is 4.40. The van der Waals surface area contributed by atoms with E-state index in [1.54, 1.807) is 0 Å². The van der Waals surface area contributed by atoms with Crippen LogP contribution in [0.15, 0.2) is 4.99 Å². The van der Waals surface area contributed by atoms with E-state index in [0.29, 0.717) is 6.54 Å². The highest BCUT2D eigenvalue weighted by Crippen LogP contribution is 2.18. The SMILES string of the molecule is Cc1nn(CCCN=C=S)c(C)c1Cl. The van der Waals surface area contributed by atoms with Crippen LogP contribution in [-0.2, 0) is 6.54 Å². The zero-order chi connectivity index (χ0) is 10.6. The lowest BCUT2D eigenvalue weighted by atomic mass is 10.4. The van der Waals surface area contributed by atoms with Gasteiger partial charge in [-0.15, -0.1) is 0 Å². The molecule has 0 radical (unpaired) electrons. The van der Waals surface area contributed by atoms with Gasteiger partial charge in [0.05, 0.1) is 28.1 Å². The number of aromatic nitrogens is 2. The van der Waals surface area contributed by atoms with Crippen molar-refractivity contribution in [3.05, 3.63) is 16.4 Å². The molecule has 0 saturated carbocycles. The average molecular weight is 230 g/mol. The number of nitrogens with zero attached hydrogens (tertiary/aromatic N) is 3. The minimum atomic E-state index is 0.694. The van der Waals surface area contributed by atoms with Crippen molar-refractivity contribution in [2.24, 2.45) is 4.99 Å². The van der Waals surface area contributed by atoms with Crippen molar-refractivity contribution in [2.75, 3.05) is 6.54 Å². The fourth-order valence-electron chi connectivity index (χ4n) is 1.24. The van der Waals surface area contributed by atoms with Gasteiger partial charge >= 0.3 is 0 Å². The Balaban J connectivity index is 2.59. The van der Waals surface area contributed by atoms with Gasteiger partial charge in [-0.2, -0.15) is 5.10 Å². The molecule has 0 aliphatic carbocycles. The summed E-state index contributed by atoms with van der Waals surface area (Å²) >= 11 is 10.5. The highest BCUT2D eigenvalue weighted by atomic mass is 35.5. The summed E-state index contributed by atoms with van der Waals surface area (Å²) in [5.41, 5.74) is 1.89. The zero-order valence-electron chi connectivity index (χ0n) is 8.25. The molecule has 14 heavy (non-hydrogen) atoms. The van der Waals surface area contributed by atoms with Crippen molar-refractivity contribution < 1.29 is 0 Å². The molecule has 1 aromatic rings. The Bertz CT molecular complexity index is 366. The predicted octanol–water partition coefficient (Wildman–Crippen LogP) is 2.65. The number of rotatable bonds is 4. The quantitative estimate of drug-likeness (QED) is 0.452. The van der Waals surface area contributed by atoms with Crippen LogP contribution < -0.4 is 0 Å². The maximum Gasteiger partial charge on any atom is 0.0844 e. The number of hydrogen-bond acceptors (Lipinski definition) is 3. The average Bonchev–Trinajstić information content (AvgIpc) is 2.41. The number of aryl methyl sites for hydroxylation is 2. The Morgan fingerprint density at radius 2 is 2.29 bits per heavy atom. The fourth-order valence-corrected chi connectivity index (χ4v) is 1.46. The molecule has 0 aromatic carbocycles. The number of thiocarbonyl (C=S) groups is 1. The highest BCUT2D eigenvalue weighted by Gasteiger charge is 2.07. The van der Waals surface area contributed by atoms with Gasteiger partial charge in [-0.1, -0.05) is 11.6 Å². The van der Waals surface area contributed by atoms with Gasteiger partial charge in [0.1, 0.15) is 0 Å². The van der Waals surface area contributed by atoms with E-state index in [2.05, 4.69) is 27.5 Å². The first kappa shape index (κ1) is 11.4. The van der Waals surface area contributed by atoms with Crippen LogP contribution in [0.4, 0.5) is 0 Å². The summed E-state index contributed by atoms with van der Waals surface area (Å²) in [6.45, 7) is 5.38. The molecule has 1 rings (SSSR count). The summed E-state index contributed by atoms with van der Waals surface area (Å²) in [5.74, 6) is 0. The maximum atomic E-state index is 6.00. The van der Waals surface area contributed by atoms with Crippen LogP contribution >= 0.6 is 23.8 Å². The van der Waals surface area contributed by atoms with Gasteiger partial charge < -0.3 is 0 Å². The molecule has 0 atom stereocenters. The number of isothiocyanates is 1. The van der Waals surface area contributed by atoms with Crippen LogP contribution in [-0.4, -0.2) is 21.5 Å². The molecule has 0 fully saturated rings. The van der Waals surface area contributed by atoms with Crippen molar-refractivity contribution in [1.82, 2.24) is 9.78 Å². The first-order chi connectivity index (χ1) is 6.66. The van der Waals surface area contributed by atoms with Crippen LogP contribution in [0.1, 0.15) is 17.8 Å². The number of hydrogen-bond donors (Lipinski definition) is 0. The van der Waals surface area contributed by atoms with Crippen molar-refractivity contribution in [3.63, 3.8) is 0 Å². The second-order valence-corrected chi connectivity index (χ2v) is 3.60. The van der Waals surface area contributed by atoms with Crippen LogP contribution in [0.3, 0.4) is 0 Å². The summed E-state index contributed by atoms with van der Waals surface area (Å²) in [6, 6.07) is 0. The molecule has 1 heterocycles. The largest absolute Gasteiger partial charge is 0.268 e. The topological polar surface area (TPSA) is 30.2 Å². The number of aliphatic imine (C=N–C) groups is 1. The fraction of sp³-hybridized carbons (Fsp3) is 0.556. The standard InChI is InChI=1S/C9H12ClN3S/c1-7-9(10)8(2)13(12-7)5-3-4-11-6-14/h3-5H2,1-2H3. The first-order valence-corrected chi connectivity index (χ1v) is 5.18. The van der Waals surface area contributed by atoms with Crippen molar-refractivity contribution in [3.8, 4) is 0 Å². The second kappa shape index (κ2) is 5.25. The molecule has 0 aliphatic heterocycles. The van der Waals surface area contributed by atoms with E-state index in [-0.39, 0.29) is 0 Å². The van der Waals surface area contributed by atoms with Gasteiger partial charge in [0, 0.05) is 6.54 Å². The Morgan fingerprint density at radius 1 is 1.57 bits per heavy atom. The summed E-state index contributed by atoms with van der Waals surface area (Å²) < 4.78 is 1.90. The molecule has 3 nitrogen and oxygen atoms in total. The molecule has 1 aromatic heterocycles. The predicted molar refractivity (Wildman–Crippen MR) is 61.2 cm³/mol. The Labute approximate surface area is 93.8 Å². The number of halogens is 1. The monoisotopic (exact) mass is 229 g/mol. The third-order valence-corrected chi connectivity index (χ3v) is 2.67. The van der Waals surface area contributed by atoms with Crippen LogP contribution in [0, 0.1) is 13.8 Å². The van der Waals surface area contributed by atoms with Gasteiger partial charge in [-0.05, 0) is 32.5 Å². The van der Waals surface area contributed by atoms with Gasteiger partial charge in [-0.25, -0.2) is 4.99 Å². The second-order valence-electron chi connectivity index (χ2n) is 3.03. The molecule has 0 unspecified atom stereocenters. The molecular weight excluding hydrogens is 218 g/mol. The summed E-state index contributed by atoms with van der Waals surface area (Å²) in [5, 5.41) is 7.39. The minimum Gasteiger partial charge on any atom is -0.268 e. The molecular formula is C9H12ClN3S. The van der Waals surface area contributed by atoms with E-state index < -0.39 is 0 Å². The van der Waals surface area contributed by atoms with E-state index in [4.69, 9.17) is 11.6 Å². The minimum absolute atomic E-state index is 0.694. The highest BCUT2D eigenvalue weighted by molar-refractivity contribution is 7.78. The van der Waals surface area contributed by atoms with E-state index in [1.165, 1.54) is 0 Å². The normalized spacial score (nSPS) is 9.93. The molecule has 76 valence electrons. The van der Waals surface area contributed by atoms with E-state index >= 15 is 0 Å². The van der Waals surface area contributed by atoms with Gasteiger partial charge in [-0.3, -0.25) is 4.68 Å². The smallest absolute Gasteiger partial charge is 0.0844 e. The van der Waals surface area contributed by atoms with Crippen molar-refractivity contribution >= 4 is 29.0 Å². The van der Waals surface area contributed by atoms with Crippen molar-refractivity contribution in [1.29, 1.82) is 0 Å². The molecule has 5 heteroatoms. The third-order valence-electron chi connectivity index (χ3n) is 2.00. The van der Waals surface area contributed by atoms with Crippen molar-refractivity contribution in [2.45, 2.75) is 26.8 Å². The third kappa shape index (κ3) is 2.64. The zero-order valence-corrected chi connectivity index (χ0v) is 9.82. The Kier molecular flexibility index (Phi) is 4.26. The van der Waals surface area contributed by atoms with Gasteiger partial charge in [0.2, 0.25) is 0 Å². The summed E-state index contributed by atoms with van der Waals surface area (Å²) in [4.78, 5) is 3.84.